The van der Waals surface area contributed by atoms with Crippen molar-refractivity contribution in [1.82, 2.24) is 9.55 Å². The van der Waals surface area contributed by atoms with Gasteiger partial charge in [-0.3, -0.25) is 9.29 Å². The van der Waals surface area contributed by atoms with Crippen LogP contribution < -0.4 is 16.2 Å². The number of halogens is 1. The molecule has 1 atom stereocenters. The molecule has 0 spiro atoms. The molecule has 0 fully saturated rings. The zero-order valence-electron chi connectivity index (χ0n) is 16.0. The number of benzene rings is 2. The summed E-state index contributed by atoms with van der Waals surface area (Å²) in [4.78, 5) is 16.0. The monoisotopic (exact) mass is 460 g/mol. The van der Waals surface area contributed by atoms with Gasteiger partial charge >= 0.3 is 5.76 Å². The number of rotatable bonds is 4. The Morgan fingerprint density at radius 2 is 2.13 bits per heavy atom. The van der Waals surface area contributed by atoms with Crippen molar-refractivity contribution < 1.29 is 17.2 Å². The van der Waals surface area contributed by atoms with Gasteiger partial charge in [-0.1, -0.05) is 6.07 Å². The molecule has 11 heteroatoms. The molecule has 160 valence electrons. The minimum atomic E-state index is -4.25. The first-order chi connectivity index (χ1) is 14.8. The molecule has 0 radical (unpaired) electrons. The Morgan fingerprint density at radius 3 is 2.90 bits per heavy atom. The van der Waals surface area contributed by atoms with Crippen molar-refractivity contribution in [2.24, 2.45) is 0 Å². The molecule has 1 aliphatic rings. The molecular formula is C20H17FN4O4S2. The van der Waals surface area contributed by atoms with Gasteiger partial charge < -0.3 is 10.2 Å². The van der Waals surface area contributed by atoms with Crippen LogP contribution in [0.1, 0.15) is 30.0 Å². The Balaban J connectivity index is 1.64. The van der Waals surface area contributed by atoms with E-state index >= 15 is 0 Å². The summed E-state index contributed by atoms with van der Waals surface area (Å²) < 4.78 is 49.1. The first-order valence-electron chi connectivity index (χ1n) is 9.49. The molecule has 0 bridgehead atoms. The van der Waals surface area contributed by atoms with Crippen molar-refractivity contribution in [2.45, 2.75) is 30.2 Å². The largest absolute Gasteiger partial charge is 0.420 e. The number of hydrogen-bond donors (Lipinski definition) is 2. The highest BCUT2D eigenvalue weighted by atomic mass is 32.2. The summed E-state index contributed by atoms with van der Waals surface area (Å²) in [5.74, 6) is -1.67. The molecule has 1 aliphatic carbocycles. The average molecular weight is 461 g/mol. The summed E-state index contributed by atoms with van der Waals surface area (Å²) in [7, 11) is -4.25. The van der Waals surface area contributed by atoms with E-state index in [0.717, 1.165) is 47.4 Å². The lowest BCUT2D eigenvalue weighted by Crippen LogP contribution is -2.25. The second-order valence-corrected chi connectivity index (χ2v) is 9.84. The van der Waals surface area contributed by atoms with Gasteiger partial charge in [0, 0.05) is 29.4 Å². The number of thiazole rings is 1. The van der Waals surface area contributed by atoms with Gasteiger partial charge in [0.15, 0.2) is 10.7 Å². The molecule has 2 heterocycles. The molecule has 0 amide bonds. The van der Waals surface area contributed by atoms with Crippen molar-refractivity contribution in [2.75, 3.05) is 10.5 Å². The third-order valence-electron chi connectivity index (χ3n) is 5.37. The summed E-state index contributed by atoms with van der Waals surface area (Å²) in [6.45, 7) is 0. The van der Waals surface area contributed by atoms with Crippen LogP contribution in [0.5, 0.6) is 0 Å². The summed E-state index contributed by atoms with van der Waals surface area (Å²) >= 11 is 1.06. The minimum absolute atomic E-state index is 0.0121. The molecule has 0 saturated heterocycles. The van der Waals surface area contributed by atoms with Crippen LogP contribution >= 0.6 is 11.3 Å². The number of nitrogens with one attached hydrogen (secondary N) is 1. The topological polar surface area (TPSA) is 120 Å². The lowest BCUT2D eigenvalue weighted by atomic mass is 9.87. The highest BCUT2D eigenvalue weighted by molar-refractivity contribution is 7.93. The van der Waals surface area contributed by atoms with Crippen LogP contribution in [0.4, 0.5) is 15.2 Å². The number of oxazole rings is 1. The Morgan fingerprint density at radius 1 is 1.29 bits per heavy atom. The standard InChI is InChI=1S/C20H17FN4O4S2/c21-14-9-16-17(10-18(14)31(27,28)24-19-23-6-7-30-19)29-20(26)25(16)15-3-1-2-11-4-5-12(22)8-13(11)15/h4-10,15H,1-3,22H2,(H,23,24). The van der Waals surface area contributed by atoms with E-state index in [2.05, 4.69) is 9.71 Å². The van der Waals surface area contributed by atoms with Gasteiger partial charge in [0.25, 0.3) is 10.0 Å². The van der Waals surface area contributed by atoms with Gasteiger partial charge in [-0.2, -0.15) is 0 Å². The highest BCUT2D eigenvalue weighted by Gasteiger charge is 2.29. The maximum absolute atomic E-state index is 14.9. The maximum atomic E-state index is 14.9. The molecule has 2 aromatic heterocycles. The van der Waals surface area contributed by atoms with Crippen molar-refractivity contribution in [3.8, 4) is 0 Å². The van der Waals surface area contributed by atoms with Crippen LogP contribution in [-0.4, -0.2) is 18.0 Å². The summed E-state index contributed by atoms with van der Waals surface area (Å²) in [5, 5.41) is 1.70. The lowest BCUT2D eigenvalue weighted by Gasteiger charge is -2.26. The van der Waals surface area contributed by atoms with Crippen molar-refractivity contribution >= 4 is 43.3 Å². The fraction of sp³-hybridized carbons (Fsp3) is 0.200. The molecule has 3 N–H and O–H groups in total. The Hall–Kier alpha value is -3.18. The Kier molecular flexibility index (Phi) is 4.59. The van der Waals surface area contributed by atoms with E-state index < -0.39 is 26.5 Å². The summed E-state index contributed by atoms with van der Waals surface area (Å²) in [6.07, 6.45) is 3.78. The first kappa shape index (κ1) is 19.8. The third-order valence-corrected chi connectivity index (χ3v) is 7.55. The summed E-state index contributed by atoms with van der Waals surface area (Å²) in [5.41, 5.74) is 8.65. The van der Waals surface area contributed by atoms with Crippen molar-refractivity contribution in [3.05, 3.63) is 69.4 Å². The number of aryl methyl sites for hydroxylation is 1. The van der Waals surface area contributed by atoms with Gasteiger partial charge in [0.05, 0.1) is 11.6 Å². The number of nitrogens with two attached hydrogens (primary N) is 1. The second kappa shape index (κ2) is 7.20. The zero-order chi connectivity index (χ0) is 21.8. The van der Waals surface area contributed by atoms with Gasteiger partial charge in [-0.15, -0.1) is 11.3 Å². The van der Waals surface area contributed by atoms with E-state index in [4.69, 9.17) is 10.2 Å². The maximum Gasteiger partial charge on any atom is 0.420 e. The summed E-state index contributed by atoms with van der Waals surface area (Å²) in [6, 6.07) is 7.23. The molecule has 0 saturated carbocycles. The van der Waals surface area contributed by atoms with Gasteiger partial charge in [-0.25, -0.2) is 22.6 Å². The number of fused-ring (bicyclic) bond motifs is 2. The third kappa shape index (κ3) is 3.39. The van der Waals surface area contributed by atoms with Gasteiger partial charge in [0.1, 0.15) is 10.7 Å². The quantitative estimate of drug-likeness (QED) is 0.450. The van der Waals surface area contributed by atoms with E-state index in [-0.39, 0.29) is 22.3 Å². The number of nitrogen functional groups attached to an aromatic ring is 1. The van der Waals surface area contributed by atoms with E-state index in [1.807, 2.05) is 18.2 Å². The molecule has 31 heavy (non-hydrogen) atoms. The normalized spacial score (nSPS) is 16.4. The van der Waals surface area contributed by atoms with Crippen LogP contribution in [0, 0.1) is 5.82 Å². The van der Waals surface area contributed by atoms with Crippen LogP contribution in [0.2, 0.25) is 0 Å². The lowest BCUT2D eigenvalue weighted by molar-refractivity contribution is 0.437. The predicted octanol–water partition coefficient (Wildman–Crippen LogP) is 3.50. The first-order valence-corrected chi connectivity index (χ1v) is 11.8. The molecule has 4 aromatic rings. The predicted molar refractivity (Wildman–Crippen MR) is 115 cm³/mol. The number of aromatic nitrogens is 2. The van der Waals surface area contributed by atoms with E-state index in [1.165, 1.54) is 10.8 Å². The zero-order valence-corrected chi connectivity index (χ0v) is 17.7. The van der Waals surface area contributed by atoms with Crippen LogP contribution in [-0.2, 0) is 16.4 Å². The molecule has 8 nitrogen and oxygen atoms in total. The van der Waals surface area contributed by atoms with Gasteiger partial charge in [-0.05, 0) is 42.5 Å². The Bertz CT molecular complexity index is 1460. The highest BCUT2D eigenvalue weighted by Crippen LogP contribution is 2.36. The molecular weight excluding hydrogens is 443 g/mol. The van der Waals surface area contributed by atoms with Crippen molar-refractivity contribution in [1.29, 1.82) is 0 Å². The number of sulfonamides is 1. The molecule has 0 aliphatic heterocycles. The molecule has 5 rings (SSSR count). The number of nitrogens with zero attached hydrogens (tertiary/aromatic N) is 2. The SMILES string of the molecule is Nc1ccc2c(c1)C(n1c(=O)oc3cc(S(=O)(=O)Nc4nccs4)c(F)cc31)CCC2. The van der Waals surface area contributed by atoms with Gasteiger partial charge in [0.2, 0.25) is 0 Å². The number of anilines is 2. The fourth-order valence-corrected chi connectivity index (χ4v) is 5.91. The van der Waals surface area contributed by atoms with E-state index in [9.17, 15) is 17.6 Å². The van der Waals surface area contributed by atoms with E-state index in [0.29, 0.717) is 12.1 Å². The smallest absolute Gasteiger partial charge is 0.408 e. The molecule has 2 aromatic carbocycles. The van der Waals surface area contributed by atoms with Crippen LogP contribution in [0.25, 0.3) is 11.1 Å². The molecule has 1 unspecified atom stereocenters. The Labute approximate surface area is 180 Å². The second-order valence-electron chi connectivity index (χ2n) is 7.30. The fourth-order valence-electron chi connectivity index (χ4n) is 4.04. The van der Waals surface area contributed by atoms with Crippen LogP contribution in [0.15, 0.2) is 56.0 Å². The van der Waals surface area contributed by atoms with Crippen LogP contribution in [0.3, 0.4) is 0 Å². The van der Waals surface area contributed by atoms with E-state index in [1.54, 1.807) is 5.38 Å². The minimum Gasteiger partial charge on any atom is -0.408 e. The average Bonchev–Trinajstić information content (AvgIpc) is 3.33. The van der Waals surface area contributed by atoms with Crippen molar-refractivity contribution in [3.63, 3.8) is 0 Å². The number of hydrogen-bond acceptors (Lipinski definition) is 7.